The summed E-state index contributed by atoms with van der Waals surface area (Å²) in [4.78, 5) is 16.6. The minimum atomic E-state index is 0.153. The summed E-state index contributed by atoms with van der Waals surface area (Å²) in [5.74, 6) is 0.153. The molecular weight excluding hydrogens is 254 g/mol. The lowest BCUT2D eigenvalue weighted by molar-refractivity contribution is -0.125. The lowest BCUT2D eigenvalue weighted by Crippen LogP contribution is -2.36. The largest absolute Gasteiger partial charge is 0.310 e. The van der Waals surface area contributed by atoms with E-state index in [1.807, 2.05) is 36.1 Å². The number of thioether (sulfide) groups is 1. The highest BCUT2D eigenvalue weighted by molar-refractivity contribution is 8.03. The van der Waals surface area contributed by atoms with Crippen molar-refractivity contribution in [2.24, 2.45) is 0 Å². The summed E-state index contributed by atoms with van der Waals surface area (Å²) >= 11 is 1.72. The molecule has 1 saturated heterocycles. The smallest absolute Gasteiger partial charge is 0.251 e. The Morgan fingerprint density at radius 2 is 2.11 bits per heavy atom. The maximum Gasteiger partial charge on any atom is 0.251 e. The molecule has 98 valence electrons. The van der Waals surface area contributed by atoms with Crippen molar-refractivity contribution in [3.8, 4) is 0 Å². The predicted octanol–water partition coefficient (Wildman–Crippen LogP) is 3.96. The molecule has 0 spiro atoms. The van der Waals surface area contributed by atoms with E-state index in [0.717, 1.165) is 19.3 Å². The Balaban J connectivity index is 1.80. The van der Waals surface area contributed by atoms with Gasteiger partial charge < -0.3 is 4.90 Å². The minimum Gasteiger partial charge on any atom is -0.310 e. The number of rotatable bonds is 2. The van der Waals surface area contributed by atoms with E-state index >= 15 is 0 Å². The van der Waals surface area contributed by atoms with Gasteiger partial charge in [-0.3, -0.25) is 4.79 Å². The van der Waals surface area contributed by atoms with E-state index in [4.69, 9.17) is 0 Å². The second-order valence-corrected chi connectivity index (χ2v) is 6.11. The van der Waals surface area contributed by atoms with Crippen LogP contribution in [0.1, 0.15) is 26.2 Å². The van der Waals surface area contributed by atoms with E-state index in [-0.39, 0.29) is 5.91 Å². The third kappa shape index (κ3) is 2.47. The summed E-state index contributed by atoms with van der Waals surface area (Å²) in [6.07, 6.45) is 6.99. The lowest BCUT2D eigenvalue weighted by atomic mass is 10.1. The van der Waals surface area contributed by atoms with Crippen LogP contribution >= 0.6 is 11.8 Å². The van der Waals surface area contributed by atoms with Crippen molar-refractivity contribution in [1.82, 2.24) is 4.90 Å². The third-order valence-corrected chi connectivity index (χ3v) is 4.75. The summed E-state index contributed by atoms with van der Waals surface area (Å²) in [6, 6.07) is 10.6. The summed E-state index contributed by atoms with van der Waals surface area (Å²) in [5, 5.41) is 0. The van der Waals surface area contributed by atoms with Crippen molar-refractivity contribution in [1.29, 1.82) is 0 Å². The summed E-state index contributed by atoms with van der Waals surface area (Å²) in [7, 11) is 0. The van der Waals surface area contributed by atoms with Crippen molar-refractivity contribution in [3.63, 3.8) is 0 Å². The van der Waals surface area contributed by atoms with Crippen molar-refractivity contribution < 1.29 is 4.79 Å². The Bertz CT molecular complexity index is 547. The Hall–Kier alpha value is -1.48. The second-order valence-electron chi connectivity index (χ2n) is 4.91. The first-order chi connectivity index (χ1) is 9.28. The molecule has 0 N–H and O–H groups in total. The zero-order chi connectivity index (χ0) is 13.2. The van der Waals surface area contributed by atoms with Gasteiger partial charge in [0.15, 0.2) is 0 Å². The Kier molecular flexibility index (Phi) is 3.47. The fourth-order valence-corrected chi connectivity index (χ4v) is 3.84. The summed E-state index contributed by atoms with van der Waals surface area (Å²) in [6.45, 7) is 2.02. The van der Waals surface area contributed by atoms with Gasteiger partial charge in [-0.05, 0) is 43.2 Å². The Morgan fingerprint density at radius 3 is 2.84 bits per heavy atom. The first-order valence-corrected chi connectivity index (χ1v) is 7.51. The number of carbonyl (C=O) groups excluding carboxylic acids is 1. The van der Waals surface area contributed by atoms with E-state index in [0.29, 0.717) is 6.04 Å². The second kappa shape index (κ2) is 5.25. The van der Waals surface area contributed by atoms with E-state index < -0.39 is 0 Å². The van der Waals surface area contributed by atoms with Gasteiger partial charge in [-0.15, -0.1) is 0 Å². The molecule has 0 aromatic heterocycles. The quantitative estimate of drug-likeness (QED) is 0.811. The number of nitrogens with zero attached hydrogens (tertiary/aromatic N) is 1. The van der Waals surface area contributed by atoms with Crippen LogP contribution in [0.5, 0.6) is 0 Å². The van der Waals surface area contributed by atoms with E-state index in [1.54, 1.807) is 11.8 Å². The highest BCUT2D eigenvalue weighted by atomic mass is 32.2. The molecule has 19 heavy (non-hydrogen) atoms. The molecule has 2 aliphatic rings. The van der Waals surface area contributed by atoms with Gasteiger partial charge in [0.2, 0.25) is 0 Å². The molecular formula is C16H17NOS. The number of allylic oxidation sites excluding steroid dienone is 2. The molecule has 3 heteroatoms. The normalized spacial score (nSPS) is 24.6. The molecule has 2 nitrogen and oxygen atoms in total. The van der Waals surface area contributed by atoms with Crippen LogP contribution in [0.3, 0.4) is 0 Å². The zero-order valence-corrected chi connectivity index (χ0v) is 11.8. The van der Waals surface area contributed by atoms with Crippen LogP contribution in [0.15, 0.2) is 58.0 Å². The molecule has 0 bridgehead atoms. The van der Waals surface area contributed by atoms with E-state index in [1.165, 1.54) is 15.5 Å². The van der Waals surface area contributed by atoms with Crippen LogP contribution in [0, 0.1) is 0 Å². The molecule has 1 aromatic carbocycles. The molecule has 1 atom stereocenters. The standard InChI is InChI=1S/C16H17NOS/c1-2-12-8-9-13-10-15(11-16(18)17(12)13)19-14-6-4-3-5-7-14/h2-7,11,13H,8-10H2,1H3/b12-2+. The molecule has 0 radical (unpaired) electrons. The van der Waals surface area contributed by atoms with Gasteiger partial charge in [-0.2, -0.15) is 0 Å². The number of carbonyl (C=O) groups is 1. The average molecular weight is 271 g/mol. The van der Waals surface area contributed by atoms with Crippen LogP contribution in [0.25, 0.3) is 0 Å². The van der Waals surface area contributed by atoms with Gasteiger partial charge in [0.1, 0.15) is 0 Å². The molecule has 1 amide bonds. The fraction of sp³-hybridized carbons (Fsp3) is 0.312. The van der Waals surface area contributed by atoms with Crippen molar-refractivity contribution in [2.45, 2.75) is 37.1 Å². The van der Waals surface area contributed by atoms with Crippen molar-refractivity contribution in [3.05, 3.63) is 53.1 Å². The number of hydrogen-bond acceptors (Lipinski definition) is 2. The maximum absolute atomic E-state index is 12.2. The van der Waals surface area contributed by atoms with Crippen LogP contribution in [0.4, 0.5) is 0 Å². The Morgan fingerprint density at radius 1 is 1.32 bits per heavy atom. The molecule has 1 unspecified atom stereocenters. The molecule has 2 heterocycles. The van der Waals surface area contributed by atoms with Gasteiger partial charge in [0.05, 0.1) is 0 Å². The first-order valence-electron chi connectivity index (χ1n) is 6.70. The zero-order valence-electron chi connectivity index (χ0n) is 11.0. The van der Waals surface area contributed by atoms with Gasteiger partial charge in [-0.1, -0.05) is 36.0 Å². The van der Waals surface area contributed by atoms with Gasteiger partial charge in [0.25, 0.3) is 5.91 Å². The molecule has 0 saturated carbocycles. The topological polar surface area (TPSA) is 20.3 Å². The average Bonchev–Trinajstić information content (AvgIpc) is 2.83. The summed E-state index contributed by atoms with van der Waals surface area (Å²) in [5.41, 5.74) is 1.19. The third-order valence-electron chi connectivity index (χ3n) is 3.69. The van der Waals surface area contributed by atoms with Crippen LogP contribution in [0.2, 0.25) is 0 Å². The van der Waals surface area contributed by atoms with Gasteiger partial charge in [0, 0.05) is 22.7 Å². The molecule has 0 aliphatic carbocycles. The van der Waals surface area contributed by atoms with Crippen molar-refractivity contribution >= 4 is 17.7 Å². The Labute approximate surface area is 118 Å². The number of amides is 1. The number of hydrogen-bond donors (Lipinski definition) is 0. The fourth-order valence-electron chi connectivity index (χ4n) is 2.81. The molecule has 3 rings (SSSR count). The SMILES string of the molecule is C/C=C1\CCC2CC(Sc3ccccc3)=CC(=O)N12. The first kappa shape index (κ1) is 12.5. The van der Waals surface area contributed by atoms with Crippen LogP contribution in [-0.2, 0) is 4.79 Å². The maximum atomic E-state index is 12.2. The number of fused-ring (bicyclic) bond motifs is 1. The van der Waals surface area contributed by atoms with Crippen LogP contribution < -0.4 is 0 Å². The highest BCUT2D eigenvalue weighted by Gasteiger charge is 2.35. The number of benzene rings is 1. The lowest BCUT2D eigenvalue weighted by Gasteiger charge is -2.29. The summed E-state index contributed by atoms with van der Waals surface area (Å²) < 4.78 is 0. The van der Waals surface area contributed by atoms with Gasteiger partial charge in [-0.25, -0.2) is 0 Å². The van der Waals surface area contributed by atoms with Crippen LogP contribution in [-0.4, -0.2) is 16.8 Å². The van der Waals surface area contributed by atoms with E-state index in [9.17, 15) is 4.79 Å². The molecule has 1 fully saturated rings. The van der Waals surface area contributed by atoms with E-state index in [2.05, 4.69) is 18.2 Å². The molecule has 2 aliphatic heterocycles. The van der Waals surface area contributed by atoms with Crippen molar-refractivity contribution in [2.75, 3.05) is 0 Å². The minimum absolute atomic E-state index is 0.153. The monoisotopic (exact) mass is 271 g/mol. The van der Waals surface area contributed by atoms with Gasteiger partial charge >= 0.3 is 0 Å². The molecule has 1 aromatic rings. The highest BCUT2D eigenvalue weighted by Crippen LogP contribution is 2.39. The predicted molar refractivity (Wildman–Crippen MR) is 78.6 cm³/mol.